The third-order valence-electron chi connectivity index (χ3n) is 2.02. The van der Waals surface area contributed by atoms with Crippen LogP contribution in [0.2, 0.25) is 0 Å². The second-order valence-electron chi connectivity index (χ2n) is 3.86. The van der Waals surface area contributed by atoms with E-state index in [1.807, 2.05) is 0 Å². The van der Waals surface area contributed by atoms with Crippen molar-refractivity contribution in [2.24, 2.45) is 5.92 Å². The van der Waals surface area contributed by atoms with Crippen LogP contribution in [0.25, 0.3) is 0 Å². The quantitative estimate of drug-likeness (QED) is 0.448. The van der Waals surface area contributed by atoms with Crippen molar-refractivity contribution in [3.8, 4) is 0 Å². The molecule has 11 heavy (non-hydrogen) atoms. The fourth-order valence-corrected chi connectivity index (χ4v) is 1.41. The number of hydrogen-bond donors (Lipinski definition) is 0. The molecule has 0 radical (unpaired) electrons. The van der Waals surface area contributed by atoms with Crippen molar-refractivity contribution >= 4 is 11.6 Å². The average molecular weight is 175 g/mol. The minimum atomic E-state index is -0.0658. The molecule has 0 fully saturated rings. The smallest absolute Gasteiger partial charge is 0.0396 e. The van der Waals surface area contributed by atoms with Gasteiger partial charge in [0.2, 0.25) is 0 Å². The lowest BCUT2D eigenvalue weighted by molar-refractivity contribution is 0.514. The third kappa shape index (κ3) is 5.32. The molecule has 0 nitrogen and oxygen atoms in total. The SMILES string of the molecule is C/C=C(\C)C(C)CC(C)(C)Cl. The Morgan fingerprint density at radius 3 is 2.27 bits per heavy atom. The Bertz CT molecular complexity index is 139. The maximum absolute atomic E-state index is 6.10. The molecule has 0 aliphatic heterocycles. The van der Waals surface area contributed by atoms with Gasteiger partial charge in [0.1, 0.15) is 0 Å². The van der Waals surface area contributed by atoms with Crippen molar-refractivity contribution in [1.82, 2.24) is 0 Å². The Kier molecular flexibility index (Phi) is 4.17. The van der Waals surface area contributed by atoms with Gasteiger partial charge in [0.15, 0.2) is 0 Å². The van der Waals surface area contributed by atoms with Crippen LogP contribution in [0.15, 0.2) is 11.6 Å². The molecule has 0 aliphatic carbocycles. The lowest BCUT2D eigenvalue weighted by atomic mass is 9.92. The fraction of sp³-hybridized carbons (Fsp3) is 0.800. The highest BCUT2D eigenvalue weighted by atomic mass is 35.5. The van der Waals surface area contributed by atoms with Crippen LogP contribution >= 0.6 is 11.6 Å². The maximum Gasteiger partial charge on any atom is 0.0396 e. The summed E-state index contributed by atoms with van der Waals surface area (Å²) in [6.07, 6.45) is 3.21. The van der Waals surface area contributed by atoms with Crippen LogP contribution in [0.3, 0.4) is 0 Å². The van der Waals surface area contributed by atoms with Gasteiger partial charge >= 0.3 is 0 Å². The molecule has 1 heteroatoms. The molecule has 0 heterocycles. The molecular formula is C10H19Cl. The van der Waals surface area contributed by atoms with Crippen LogP contribution in [-0.4, -0.2) is 4.87 Å². The summed E-state index contributed by atoms with van der Waals surface area (Å²) >= 11 is 6.10. The van der Waals surface area contributed by atoms with Gasteiger partial charge in [-0.3, -0.25) is 0 Å². The number of alkyl halides is 1. The summed E-state index contributed by atoms with van der Waals surface area (Å²) in [5.41, 5.74) is 1.43. The van der Waals surface area contributed by atoms with E-state index in [0.29, 0.717) is 5.92 Å². The van der Waals surface area contributed by atoms with Crippen molar-refractivity contribution in [3.63, 3.8) is 0 Å². The minimum Gasteiger partial charge on any atom is -0.120 e. The van der Waals surface area contributed by atoms with Crippen molar-refractivity contribution in [2.45, 2.75) is 45.9 Å². The van der Waals surface area contributed by atoms with Gasteiger partial charge in [0.25, 0.3) is 0 Å². The second kappa shape index (κ2) is 4.15. The van der Waals surface area contributed by atoms with Gasteiger partial charge in [-0.25, -0.2) is 0 Å². The molecule has 0 rings (SSSR count). The molecule has 0 spiro atoms. The average Bonchev–Trinajstić information content (AvgIpc) is 1.82. The summed E-state index contributed by atoms with van der Waals surface area (Å²) in [6, 6.07) is 0. The Hall–Kier alpha value is 0.0300. The largest absolute Gasteiger partial charge is 0.120 e. The fourth-order valence-electron chi connectivity index (χ4n) is 1.17. The predicted octanol–water partition coefficient (Wildman–Crippen LogP) is 4.00. The molecule has 0 amide bonds. The van der Waals surface area contributed by atoms with Crippen molar-refractivity contribution in [2.75, 3.05) is 0 Å². The number of rotatable bonds is 3. The van der Waals surface area contributed by atoms with Crippen LogP contribution in [0.4, 0.5) is 0 Å². The van der Waals surface area contributed by atoms with Crippen molar-refractivity contribution < 1.29 is 0 Å². The molecule has 0 aromatic carbocycles. The van der Waals surface area contributed by atoms with E-state index in [-0.39, 0.29) is 4.87 Å². The monoisotopic (exact) mass is 174 g/mol. The summed E-state index contributed by atoms with van der Waals surface area (Å²) in [5, 5.41) is 0. The summed E-state index contributed by atoms with van der Waals surface area (Å²) in [5.74, 6) is 0.604. The lowest BCUT2D eigenvalue weighted by Gasteiger charge is -2.21. The van der Waals surface area contributed by atoms with E-state index in [1.165, 1.54) is 5.57 Å². The standard InChI is InChI=1S/C10H19Cl/c1-6-8(2)9(3)7-10(4,5)11/h6,9H,7H2,1-5H3/b8-6+. The first-order valence-electron chi connectivity index (χ1n) is 4.18. The van der Waals surface area contributed by atoms with Crippen LogP contribution in [-0.2, 0) is 0 Å². The van der Waals surface area contributed by atoms with Crippen molar-refractivity contribution in [3.05, 3.63) is 11.6 Å². The van der Waals surface area contributed by atoms with Gasteiger partial charge < -0.3 is 0 Å². The van der Waals surface area contributed by atoms with Crippen LogP contribution < -0.4 is 0 Å². The van der Waals surface area contributed by atoms with E-state index in [0.717, 1.165) is 6.42 Å². The van der Waals surface area contributed by atoms with Crippen molar-refractivity contribution in [1.29, 1.82) is 0 Å². The molecule has 66 valence electrons. The van der Waals surface area contributed by atoms with Crippen LogP contribution in [0.5, 0.6) is 0 Å². The van der Waals surface area contributed by atoms with Crippen LogP contribution in [0, 0.1) is 5.92 Å². The van der Waals surface area contributed by atoms with Gasteiger partial charge in [-0.2, -0.15) is 0 Å². The predicted molar refractivity (Wildman–Crippen MR) is 53.1 cm³/mol. The number of hydrogen-bond acceptors (Lipinski definition) is 0. The first-order valence-corrected chi connectivity index (χ1v) is 4.56. The molecule has 0 saturated heterocycles. The highest BCUT2D eigenvalue weighted by Crippen LogP contribution is 2.26. The Morgan fingerprint density at radius 1 is 1.55 bits per heavy atom. The molecule has 1 atom stereocenters. The lowest BCUT2D eigenvalue weighted by Crippen LogP contribution is -2.15. The zero-order valence-corrected chi connectivity index (χ0v) is 9.00. The summed E-state index contributed by atoms with van der Waals surface area (Å²) in [6.45, 7) is 10.6. The first-order chi connectivity index (χ1) is 4.87. The Balaban J connectivity index is 3.98. The maximum atomic E-state index is 6.10. The van der Waals surface area contributed by atoms with E-state index >= 15 is 0 Å². The van der Waals surface area contributed by atoms with Gasteiger partial charge in [0.05, 0.1) is 0 Å². The first kappa shape index (κ1) is 11.0. The van der Waals surface area contributed by atoms with E-state index in [2.05, 4.69) is 40.7 Å². The number of halogens is 1. The van der Waals surface area contributed by atoms with E-state index in [1.54, 1.807) is 0 Å². The highest BCUT2D eigenvalue weighted by Gasteiger charge is 2.17. The van der Waals surface area contributed by atoms with Gasteiger partial charge in [-0.15, -0.1) is 11.6 Å². The molecule has 0 aromatic heterocycles. The summed E-state index contributed by atoms with van der Waals surface area (Å²) < 4.78 is 0. The molecule has 0 aromatic rings. The van der Waals surface area contributed by atoms with Gasteiger partial charge in [-0.1, -0.05) is 18.6 Å². The molecule has 0 N–H and O–H groups in total. The molecule has 0 bridgehead atoms. The zero-order chi connectivity index (χ0) is 9.07. The van der Waals surface area contributed by atoms with Gasteiger partial charge in [-0.05, 0) is 40.0 Å². The second-order valence-corrected chi connectivity index (χ2v) is 4.88. The summed E-state index contributed by atoms with van der Waals surface area (Å²) in [7, 11) is 0. The Labute approximate surface area is 75.6 Å². The topological polar surface area (TPSA) is 0 Å². The summed E-state index contributed by atoms with van der Waals surface area (Å²) in [4.78, 5) is -0.0658. The van der Waals surface area contributed by atoms with Gasteiger partial charge in [0, 0.05) is 4.87 Å². The van der Waals surface area contributed by atoms with E-state index in [4.69, 9.17) is 11.6 Å². The van der Waals surface area contributed by atoms with Crippen LogP contribution in [0.1, 0.15) is 41.0 Å². The minimum absolute atomic E-state index is 0.0658. The highest BCUT2D eigenvalue weighted by molar-refractivity contribution is 6.23. The van der Waals surface area contributed by atoms with E-state index < -0.39 is 0 Å². The normalized spacial score (nSPS) is 16.7. The molecule has 0 saturated carbocycles. The molecule has 1 unspecified atom stereocenters. The number of allylic oxidation sites excluding steroid dienone is 2. The van der Waals surface area contributed by atoms with E-state index in [9.17, 15) is 0 Å². The third-order valence-corrected chi connectivity index (χ3v) is 2.18. The zero-order valence-electron chi connectivity index (χ0n) is 8.24. The molecule has 0 aliphatic rings. The Morgan fingerprint density at radius 2 is 2.00 bits per heavy atom. The molecular weight excluding hydrogens is 156 g/mol.